The fourth-order valence-electron chi connectivity index (χ4n) is 3.89. The number of hydrogen-bond donors (Lipinski definition) is 2. The van der Waals surface area contributed by atoms with Crippen LogP contribution in [0.3, 0.4) is 0 Å². The molecule has 2 fully saturated rings. The topological polar surface area (TPSA) is 41.1 Å². The molecule has 1 saturated heterocycles. The highest BCUT2D eigenvalue weighted by molar-refractivity contribution is 5.79. The van der Waals surface area contributed by atoms with Crippen molar-refractivity contribution in [1.29, 1.82) is 0 Å². The van der Waals surface area contributed by atoms with Gasteiger partial charge in [-0.25, -0.2) is 4.39 Å². The van der Waals surface area contributed by atoms with Gasteiger partial charge in [0.2, 0.25) is 5.91 Å². The van der Waals surface area contributed by atoms with Crippen molar-refractivity contribution >= 4 is 5.91 Å². The highest BCUT2D eigenvalue weighted by Gasteiger charge is 2.35. The molecule has 1 saturated carbocycles. The fraction of sp³-hybridized carbons (Fsp3) is 0.611. The van der Waals surface area contributed by atoms with Crippen LogP contribution >= 0.6 is 0 Å². The van der Waals surface area contributed by atoms with E-state index in [-0.39, 0.29) is 23.1 Å². The van der Waals surface area contributed by atoms with Crippen molar-refractivity contribution < 1.29 is 9.18 Å². The van der Waals surface area contributed by atoms with Crippen molar-refractivity contribution in [1.82, 2.24) is 10.6 Å². The molecule has 1 aromatic rings. The third kappa shape index (κ3) is 3.32. The van der Waals surface area contributed by atoms with Crippen LogP contribution in [0.5, 0.6) is 0 Å². The van der Waals surface area contributed by atoms with Crippen molar-refractivity contribution in [2.45, 2.75) is 43.9 Å². The second-order valence-electron chi connectivity index (χ2n) is 6.76. The van der Waals surface area contributed by atoms with E-state index in [1.54, 1.807) is 12.1 Å². The molecule has 0 spiro atoms. The van der Waals surface area contributed by atoms with E-state index in [0.717, 1.165) is 50.8 Å². The van der Waals surface area contributed by atoms with Crippen molar-refractivity contribution in [3.8, 4) is 0 Å². The van der Waals surface area contributed by atoms with Crippen LogP contribution in [0, 0.1) is 11.7 Å². The summed E-state index contributed by atoms with van der Waals surface area (Å²) >= 11 is 0. The molecule has 1 aromatic carbocycles. The van der Waals surface area contributed by atoms with Crippen LogP contribution in [0.2, 0.25) is 0 Å². The van der Waals surface area contributed by atoms with Crippen LogP contribution in [-0.2, 0) is 10.2 Å². The number of hydrogen-bond acceptors (Lipinski definition) is 2. The molecule has 0 radical (unpaired) electrons. The van der Waals surface area contributed by atoms with Gasteiger partial charge < -0.3 is 10.6 Å². The number of nitrogens with one attached hydrogen (secondary N) is 2. The predicted molar refractivity (Wildman–Crippen MR) is 85.1 cm³/mol. The molecule has 1 heterocycles. The van der Waals surface area contributed by atoms with Crippen molar-refractivity contribution in [2.75, 3.05) is 19.6 Å². The zero-order valence-corrected chi connectivity index (χ0v) is 13.0. The van der Waals surface area contributed by atoms with Crippen LogP contribution in [0.15, 0.2) is 24.3 Å². The van der Waals surface area contributed by atoms with Gasteiger partial charge in [0.1, 0.15) is 5.82 Å². The van der Waals surface area contributed by atoms with E-state index in [1.807, 2.05) is 6.07 Å². The Kier molecular flexibility index (Phi) is 4.77. The van der Waals surface area contributed by atoms with E-state index in [1.165, 1.54) is 12.5 Å². The van der Waals surface area contributed by atoms with Crippen LogP contribution in [-0.4, -0.2) is 25.5 Å². The van der Waals surface area contributed by atoms with Gasteiger partial charge in [0.25, 0.3) is 0 Å². The minimum absolute atomic E-state index is 0.0909. The summed E-state index contributed by atoms with van der Waals surface area (Å²) in [6.45, 7) is 2.33. The van der Waals surface area contributed by atoms with Crippen LogP contribution in [0.4, 0.5) is 4.39 Å². The second kappa shape index (κ2) is 6.78. The maximum absolute atomic E-state index is 13.6. The lowest BCUT2D eigenvalue weighted by Crippen LogP contribution is -2.44. The minimum Gasteiger partial charge on any atom is -0.355 e. The van der Waals surface area contributed by atoms with Crippen LogP contribution < -0.4 is 10.6 Å². The van der Waals surface area contributed by atoms with E-state index in [4.69, 9.17) is 0 Å². The summed E-state index contributed by atoms with van der Waals surface area (Å²) in [6, 6.07) is 6.93. The molecule has 2 aliphatic rings. The Hall–Kier alpha value is -1.42. The van der Waals surface area contributed by atoms with Crippen molar-refractivity contribution in [3.05, 3.63) is 35.6 Å². The van der Waals surface area contributed by atoms with E-state index in [9.17, 15) is 9.18 Å². The molecule has 1 aliphatic heterocycles. The summed E-state index contributed by atoms with van der Waals surface area (Å²) in [7, 11) is 0. The molecular weight excluding hydrogens is 279 g/mol. The Morgan fingerprint density at radius 2 is 2.14 bits per heavy atom. The van der Waals surface area contributed by atoms with Crippen LogP contribution in [0.25, 0.3) is 0 Å². The summed E-state index contributed by atoms with van der Waals surface area (Å²) in [5.74, 6) is 0.0493. The molecule has 4 heteroatoms. The summed E-state index contributed by atoms with van der Waals surface area (Å²) < 4.78 is 13.6. The van der Waals surface area contributed by atoms with Gasteiger partial charge in [0.15, 0.2) is 0 Å². The van der Waals surface area contributed by atoms with E-state index >= 15 is 0 Å². The maximum atomic E-state index is 13.6. The van der Waals surface area contributed by atoms with Gasteiger partial charge in [-0.2, -0.15) is 0 Å². The third-order valence-corrected chi connectivity index (χ3v) is 5.28. The largest absolute Gasteiger partial charge is 0.355 e. The third-order valence-electron chi connectivity index (χ3n) is 5.28. The van der Waals surface area contributed by atoms with Crippen LogP contribution in [0.1, 0.15) is 44.1 Å². The summed E-state index contributed by atoms with van der Waals surface area (Å²) in [5.41, 5.74) is 0.944. The van der Waals surface area contributed by atoms with Gasteiger partial charge in [-0.15, -0.1) is 0 Å². The lowest BCUT2D eigenvalue weighted by molar-refractivity contribution is -0.124. The molecule has 3 nitrogen and oxygen atoms in total. The molecule has 2 N–H and O–H groups in total. The number of rotatable bonds is 4. The van der Waals surface area contributed by atoms with E-state index < -0.39 is 0 Å². The summed E-state index contributed by atoms with van der Waals surface area (Å²) in [6.07, 6.45) is 6.50. The molecule has 0 aromatic heterocycles. The average molecular weight is 304 g/mol. The molecule has 0 bridgehead atoms. The first-order valence-corrected chi connectivity index (χ1v) is 8.44. The van der Waals surface area contributed by atoms with Gasteiger partial charge in [-0.05, 0) is 43.5 Å². The fourth-order valence-corrected chi connectivity index (χ4v) is 3.89. The highest BCUT2D eigenvalue weighted by Crippen LogP contribution is 2.39. The Labute approximate surface area is 131 Å². The Morgan fingerprint density at radius 3 is 2.82 bits per heavy atom. The van der Waals surface area contributed by atoms with Gasteiger partial charge in [0, 0.05) is 18.5 Å². The van der Waals surface area contributed by atoms with E-state index in [2.05, 4.69) is 10.6 Å². The molecule has 1 amide bonds. The zero-order valence-electron chi connectivity index (χ0n) is 13.0. The SMILES string of the molecule is O=C(NCC1(c2cccc(F)c2)CCCCC1)C1CCNC1. The Bertz CT molecular complexity index is 520. The summed E-state index contributed by atoms with van der Waals surface area (Å²) in [4.78, 5) is 12.3. The van der Waals surface area contributed by atoms with Gasteiger partial charge in [0.05, 0.1) is 5.92 Å². The lowest BCUT2D eigenvalue weighted by atomic mass is 9.69. The number of benzene rings is 1. The van der Waals surface area contributed by atoms with Gasteiger partial charge in [-0.1, -0.05) is 31.4 Å². The first kappa shape index (κ1) is 15.5. The predicted octanol–water partition coefficient (Wildman–Crippen LogP) is 2.75. The molecule has 1 atom stereocenters. The zero-order chi connectivity index (χ0) is 15.4. The maximum Gasteiger partial charge on any atom is 0.224 e. The van der Waals surface area contributed by atoms with Gasteiger partial charge >= 0.3 is 0 Å². The second-order valence-corrected chi connectivity index (χ2v) is 6.76. The smallest absolute Gasteiger partial charge is 0.224 e. The molecule has 1 unspecified atom stereocenters. The normalized spacial score (nSPS) is 24.1. The quantitative estimate of drug-likeness (QED) is 0.898. The number of carbonyl (C=O) groups excluding carboxylic acids is 1. The number of carbonyl (C=O) groups is 1. The average Bonchev–Trinajstić information content (AvgIpc) is 3.08. The number of halogens is 1. The standard InChI is InChI=1S/C18H25FN2O/c19-16-6-4-5-15(11-16)18(8-2-1-3-9-18)13-21-17(22)14-7-10-20-12-14/h4-6,11,14,20H,1-3,7-10,12-13H2,(H,21,22). The monoisotopic (exact) mass is 304 g/mol. The molecule has 120 valence electrons. The molecular formula is C18H25FN2O. The molecule has 22 heavy (non-hydrogen) atoms. The van der Waals surface area contributed by atoms with Crippen molar-refractivity contribution in [2.24, 2.45) is 5.92 Å². The van der Waals surface area contributed by atoms with Crippen molar-refractivity contribution in [3.63, 3.8) is 0 Å². The van der Waals surface area contributed by atoms with E-state index in [0.29, 0.717) is 6.54 Å². The van der Waals surface area contributed by atoms with Gasteiger partial charge in [-0.3, -0.25) is 4.79 Å². The lowest BCUT2D eigenvalue weighted by Gasteiger charge is -2.38. The molecule has 3 rings (SSSR count). The first-order valence-electron chi connectivity index (χ1n) is 8.44. The summed E-state index contributed by atoms with van der Waals surface area (Å²) in [5, 5.41) is 6.38. The highest BCUT2D eigenvalue weighted by atomic mass is 19.1. The molecule has 1 aliphatic carbocycles. The Balaban J connectivity index is 1.73. The minimum atomic E-state index is -0.186. The Morgan fingerprint density at radius 1 is 1.32 bits per heavy atom. The number of amides is 1. The first-order chi connectivity index (χ1) is 10.7.